The van der Waals surface area contributed by atoms with E-state index in [1.807, 2.05) is 0 Å². The summed E-state index contributed by atoms with van der Waals surface area (Å²) in [6.45, 7) is 15.2. The third kappa shape index (κ3) is 4.64. The van der Waals surface area contributed by atoms with E-state index in [-0.39, 0.29) is 0 Å². The molecule has 0 aromatic heterocycles. The zero-order chi connectivity index (χ0) is 12.1. The molecular formula is C13H28N2S. The van der Waals surface area contributed by atoms with Gasteiger partial charge in [0.2, 0.25) is 0 Å². The lowest BCUT2D eigenvalue weighted by Gasteiger charge is -2.38. The van der Waals surface area contributed by atoms with Crippen LogP contribution in [0.3, 0.4) is 0 Å². The smallest absolute Gasteiger partial charge is 0.0147 e. The van der Waals surface area contributed by atoms with Crippen LogP contribution in [0, 0.1) is 5.92 Å². The first-order valence-corrected chi connectivity index (χ1v) is 7.64. The molecule has 0 aliphatic carbocycles. The van der Waals surface area contributed by atoms with Gasteiger partial charge in [0, 0.05) is 36.2 Å². The van der Waals surface area contributed by atoms with Crippen LogP contribution in [-0.2, 0) is 0 Å². The summed E-state index contributed by atoms with van der Waals surface area (Å²) in [5, 5.41) is 4.35. The van der Waals surface area contributed by atoms with Gasteiger partial charge in [0.25, 0.3) is 0 Å². The number of thioether (sulfide) groups is 1. The largest absolute Gasteiger partial charge is 0.314 e. The van der Waals surface area contributed by atoms with Crippen molar-refractivity contribution in [1.29, 1.82) is 0 Å². The van der Waals surface area contributed by atoms with E-state index in [1.54, 1.807) is 0 Å². The summed E-state index contributed by atoms with van der Waals surface area (Å²) in [4.78, 5) is 2.66. The van der Waals surface area contributed by atoms with Gasteiger partial charge in [-0.05, 0) is 19.4 Å². The molecule has 96 valence electrons. The molecule has 0 radical (unpaired) electrons. The number of nitrogens with one attached hydrogen (secondary N) is 1. The van der Waals surface area contributed by atoms with Crippen LogP contribution in [0.2, 0.25) is 0 Å². The van der Waals surface area contributed by atoms with Gasteiger partial charge in [0.15, 0.2) is 0 Å². The zero-order valence-corrected chi connectivity index (χ0v) is 12.3. The SMILES string of the molecule is CC(C)NCC(C)C(C)N1CCSC(C)C1. The monoisotopic (exact) mass is 244 g/mol. The van der Waals surface area contributed by atoms with Crippen LogP contribution in [0.4, 0.5) is 0 Å². The van der Waals surface area contributed by atoms with E-state index >= 15 is 0 Å². The summed E-state index contributed by atoms with van der Waals surface area (Å²) in [6, 6.07) is 1.31. The third-order valence-corrected chi connectivity index (χ3v) is 4.66. The highest BCUT2D eigenvalue weighted by molar-refractivity contribution is 7.99. The van der Waals surface area contributed by atoms with Gasteiger partial charge in [-0.2, -0.15) is 11.8 Å². The lowest BCUT2D eigenvalue weighted by molar-refractivity contribution is 0.165. The molecule has 0 spiro atoms. The minimum Gasteiger partial charge on any atom is -0.314 e. The number of hydrogen-bond donors (Lipinski definition) is 1. The Morgan fingerprint density at radius 3 is 2.56 bits per heavy atom. The molecular weight excluding hydrogens is 216 g/mol. The Hall–Kier alpha value is 0.270. The van der Waals surface area contributed by atoms with Gasteiger partial charge >= 0.3 is 0 Å². The molecule has 1 heterocycles. The van der Waals surface area contributed by atoms with Crippen molar-refractivity contribution in [3.05, 3.63) is 0 Å². The fraction of sp³-hybridized carbons (Fsp3) is 1.00. The van der Waals surface area contributed by atoms with E-state index < -0.39 is 0 Å². The molecule has 2 nitrogen and oxygen atoms in total. The number of nitrogens with zero attached hydrogens (tertiary/aromatic N) is 1. The highest BCUT2D eigenvalue weighted by Crippen LogP contribution is 2.22. The minimum absolute atomic E-state index is 0.602. The Labute approximate surface area is 106 Å². The fourth-order valence-corrected chi connectivity index (χ4v) is 3.21. The van der Waals surface area contributed by atoms with Crippen LogP contribution in [0.15, 0.2) is 0 Å². The van der Waals surface area contributed by atoms with E-state index in [4.69, 9.17) is 0 Å². The Morgan fingerprint density at radius 2 is 2.00 bits per heavy atom. The molecule has 16 heavy (non-hydrogen) atoms. The second-order valence-electron chi connectivity index (χ2n) is 5.46. The second-order valence-corrected chi connectivity index (χ2v) is 7.00. The standard InChI is InChI=1S/C13H28N2S/c1-10(2)14-8-11(3)13(5)15-6-7-16-12(4)9-15/h10-14H,6-9H2,1-5H3. The second kappa shape index (κ2) is 6.87. The average molecular weight is 244 g/mol. The topological polar surface area (TPSA) is 15.3 Å². The first-order chi connectivity index (χ1) is 7.50. The van der Waals surface area contributed by atoms with E-state index in [9.17, 15) is 0 Å². The van der Waals surface area contributed by atoms with Crippen LogP contribution >= 0.6 is 11.8 Å². The normalized spacial score (nSPS) is 27.0. The first-order valence-electron chi connectivity index (χ1n) is 6.59. The van der Waals surface area contributed by atoms with Crippen molar-refractivity contribution in [2.75, 3.05) is 25.4 Å². The molecule has 1 N–H and O–H groups in total. The Balaban J connectivity index is 2.33. The average Bonchev–Trinajstić information content (AvgIpc) is 2.24. The van der Waals surface area contributed by atoms with Crippen molar-refractivity contribution in [1.82, 2.24) is 10.2 Å². The Kier molecular flexibility index (Phi) is 6.16. The number of rotatable bonds is 5. The molecule has 1 aliphatic rings. The third-order valence-electron chi connectivity index (χ3n) is 3.52. The lowest BCUT2D eigenvalue weighted by Crippen LogP contribution is -2.47. The molecule has 3 heteroatoms. The molecule has 1 aliphatic heterocycles. The summed E-state index contributed by atoms with van der Waals surface area (Å²) in [5.74, 6) is 2.04. The van der Waals surface area contributed by atoms with Crippen molar-refractivity contribution >= 4 is 11.8 Å². The van der Waals surface area contributed by atoms with Crippen molar-refractivity contribution in [3.8, 4) is 0 Å². The Bertz CT molecular complexity index is 196. The molecule has 0 bridgehead atoms. The quantitative estimate of drug-likeness (QED) is 0.800. The predicted molar refractivity (Wildman–Crippen MR) is 75.3 cm³/mol. The van der Waals surface area contributed by atoms with Crippen LogP contribution < -0.4 is 5.32 Å². The zero-order valence-electron chi connectivity index (χ0n) is 11.5. The first kappa shape index (κ1) is 14.3. The Morgan fingerprint density at radius 1 is 1.31 bits per heavy atom. The molecule has 0 aromatic carbocycles. The van der Waals surface area contributed by atoms with Crippen molar-refractivity contribution in [2.45, 2.75) is 52.0 Å². The molecule has 3 unspecified atom stereocenters. The van der Waals surface area contributed by atoms with Crippen LogP contribution in [-0.4, -0.2) is 47.6 Å². The maximum absolute atomic E-state index is 3.54. The van der Waals surface area contributed by atoms with Gasteiger partial charge in [-0.3, -0.25) is 4.90 Å². The number of hydrogen-bond acceptors (Lipinski definition) is 3. The van der Waals surface area contributed by atoms with Gasteiger partial charge in [-0.15, -0.1) is 0 Å². The lowest BCUT2D eigenvalue weighted by atomic mass is 10.0. The van der Waals surface area contributed by atoms with E-state index in [0.29, 0.717) is 12.1 Å². The van der Waals surface area contributed by atoms with Gasteiger partial charge in [-0.25, -0.2) is 0 Å². The van der Waals surface area contributed by atoms with Crippen LogP contribution in [0.25, 0.3) is 0 Å². The van der Waals surface area contributed by atoms with Gasteiger partial charge < -0.3 is 5.32 Å². The highest BCUT2D eigenvalue weighted by Gasteiger charge is 2.24. The van der Waals surface area contributed by atoms with Gasteiger partial charge in [-0.1, -0.05) is 27.7 Å². The van der Waals surface area contributed by atoms with Crippen molar-refractivity contribution < 1.29 is 0 Å². The van der Waals surface area contributed by atoms with Crippen molar-refractivity contribution in [3.63, 3.8) is 0 Å². The highest BCUT2D eigenvalue weighted by atomic mass is 32.2. The van der Waals surface area contributed by atoms with Crippen molar-refractivity contribution in [2.24, 2.45) is 5.92 Å². The summed E-state index contributed by atoms with van der Waals surface area (Å²) < 4.78 is 0. The maximum Gasteiger partial charge on any atom is 0.0147 e. The molecule has 1 rings (SSSR count). The fourth-order valence-electron chi connectivity index (χ4n) is 2.17. The molecule has 0 amide bonds. The van der Waals surface area contributed by atoms with Gasteiger partial charge in [0.05, 0.1) is 0 Å². The summed E-state index contributed by atoms with van der Waals surface area (Å²) in [7, 11) is 0. The molecule has 1 fully saturated rings. The molecule has 1 saturated heterocycles. The van der Waals surface area contributed by atoms with Crippen LogP contribution in [0.1, 0.15) is 34.6 Å². The molecule has 0 saturated carbocycles. The maximum atomic E-state index is 3.54. The molecule has 3 atom stereocenters. The molecule has 0 aromatic rings. The van der Waals surface area contributed by atoms with Gasteiger partial charge in [0.1, 0.15) is 0 Å². The summed E-state index contributed by atoms with van der Waals surface area (Å²) in [5.41, 5.74) is 0. The summed E-state index contributed by atoms with van der Waals surface area (Å²) in [6.07, 6.45) is 0. The van der Waals surface area contributed by atoms with E-state index in [0.717, 1.165) is 17.7 Å². The predicted octanol–water partition coefficient (Wildman–Crippen LogP) is 2.45. The van der Waals surface area contributed by atoms with E-state index in [1.165, 1.54) is 18.8 Å². The van der Waals surface area contributed by atoms with Crippen LogP contribution in [0.5, 0.6) is 0 Å². The minimum atomic E-state index is 0.602. The van der Waals surface area contributed by atoms with E-state index in [2.05, 4.69) is 56.6 Å². The summed E-state index contributed by atoms with van der Waals surface area (Å²) >= 11 is 2.11.